The summed E-state index contributed by atoms with van der Waals surface area (Å²) < 4.78 is 28.2. The number of piperazine rings is 1. The molecule has 0 saturated carbocycles. The van der Waals surface area contributed by atoms with E-state index in [4.69, 9.17) is 20.6 Å². The van der Waals surface area contributed by atoms with Gasteiger partial charge in [0.1, 0.15) is 64.9 Å². The number of phenolic OH excluding ortho intramolecular Hbond substituents is 2. The zero-order chi connectivity index (χ0) is 97.4. The second kappa shape index (κ2) is 50.3. The SMILES string of the molecule is CCn1cc(C(=O)[O-])c(=O)c2cc(F)c(N3CCN(C(=O)OCOC(=O)CCC(=O)NCCNC(=O)CCC(=O)Nc4cc5cc(O)c(O)cc5[n+]5c4NCC[C@H]5C(=O)N[C@H](CO)C(=O)N[C@@H](CCCNC(=N)N)C(=O)N[C@H](CO)C(=O)N[C@@](C)(CCCN(O)C=O)C(=O)N[C@H]4CCCCNC(=O)[C@@H](C(C)O)NC(=O)[C@H](C(C)O)NC(=O)[C@H](CCCN(O)C=O)NC4=O)CC3)cc21. The van der Waals surface area contributed by atoms with E-state index in [1.807, 2.05) is 0 Å². The Morgan fingerprint density at radius 1 is 0.705 bits per heavy atom. The van der Waals surface area contributed by atoms with Crippen LogP contribution in [-0.2, 0) is 87.9 Å². The Bertz CT molecular complexity index is 4960. The number of aliphatic hydroxyl groups excluding tert-OH is 4. The minimum Gasteiger partial charge on any atom is -0.545 e. The van der Waals surface area contributed by atoms with Crippen molar-refractivity contribution in [2.45, 2.75) is 190 Å². The van der Waals surface area contributed by atoms with Gasteiger partial charge in [0.2, 0.25) is 84.6 Å². The van der Waals surface area contributed by atoms with Crippen molar-refractivity contribution in [3.8, 4) is 11.5 Å². The number of rotatable bonds is 43. The Morgan fingerprint density at radius 3 is 1.94 bits per heavy atom. The van der Waals surface area contributed by atoms with Crippen LogP contribution >= 0.6 is 0 Å². The van der Waals surface area contributed by atoms with Gasteiger partial charge in [-0.25, -0.2) is 23.9 Å². The Hall–Kier alpha value is -14.0. The zero-order valence-electron chi connectivity index (χ0n) is 72.7. The number of aliphatic hydroxyl groups is 4. The Morgan fingerprint density at radius 2 is 1.31 bits per heavy atom. The van der Waals surface area contributed by atoms with Crippen LogP contribution in [0.1, 0.15) is 134 Å². The van der Waals surface area contributed by atoms with Crippen molar-refractivity contribution in [2.24, 2.45) is 5.73 Å². The van der Waals surface area contributed by atoms with E-state index >= 15 is 4.39 Å². The number of aromatic nitrogens is 2. The fourth-order valence-electron chi connectivity index (χ4n) is 14.4. The first-order valence-electron chi connectivity index (χ1n) is 42.3. The third-order valence-corrected chi connectivity index (χ3v) is 21.6. The minimum atomic E-state index is -2.26. The summed E-state index contributed by atoms with van der Waals surface area (Å²) >= 11 is 0. The summed E-state index contributed by atoms with van der Waals surface area (Å²) in [6, 6.07) is -7.90. The van der Waals surface area contributed by atoms with Gasteiger partial charge in [0, 0.05) is 121 Å². The number of nitrogens with zero attached hydrogens (tertiary/aromatic N) is 6. The molecule has 0 radical (unpaired) electrons. The number of amides is 15. The second-order valence-electron chi connectivity index (χ2n) is 31.4. The van der Waals surface area contributed by atoms with Gasteiger partial charge in [-0.05, 0) is 110 Å². The van der Waals surface area contributed by atoms with Crippen LogP contribution in [0.3, 0.4) is 0 Å². The number of hydrogen-bond donors (Lipinski definition) is 24. The number of fused-ring (bicyclic) bond motifs is 4. The molecular formula is C80H113FN22O29. The fourth-order valence-corrected chi connectivity index (χ4v) is 14.4. The lowest BCUT2D eigenvalue weighted by atomic mass is 9.92. The number of esters is 1. The molecule has 724 valence electrons. The highest BCUT2D eigenvalue weighted by Crippen LogP contribution is 2.36. The van der Waals surface area contributed by atoms with E-state index in [0.717, 1.165) is 38.2 Å². The van der Waals surface area contributed by atoms with Crippen molar-refractivity contribution in [3.05, 3.63) is 58.1 Å². The number of nitrogens with two attached hydrogens (primary N) is 1. The number of carbonyl (C=O) groups is 17. The van der Waals surface area contributed by atoms with E-state index in [9.17, 15) is 132 Å². The third kappa shape index (κ3) is 30.0. The lowest BCUT2D eigenvalue weighted by Gasteiger charge is -2.35. The number of halogens is 1. The summed E-state index contributed by atoms with van der Waals surface area (Å²) in [6.07, 6.45) is -6.70. The van der Waals surface area contributed by atoms with Crippen LogP contribution in [0.2, 0.25) is 0 Å². The molecule has 25 N–H and O–H groups in total. The summed E-state index contributed by atoms with van der Waals surface area (Å²) in [5.74, 6) is -17.4. The molecule has 3 aliphatic rings. The molecule has 0 aliphatic carbocycles. The molecule has 2 unspecified atom stereocenters. The molecule has 5 heterocycles. The lowest BCUT2D eigenvalue weighted by molar-refractivity contribution is -0.674. The van der Waals surface area contributed by atoms with Gasteiger partial charge < -0.3 is 139 Å². The predicted molar refractivity (Wildman–Crippen MR) is 453 cm³/mol. The van der Waals surface area contributed by atoms with Crippen LogP contribution in [0.5, 0.6) is 11.5 Å². The van der Waals surface area contributed by atoms with E-state index in [1.54, 1.807) is 11.8 Å². The number of hydrogen-bond acceptors (Lipinski definition) is 32. The number of hydroxylamine groups is 4. The number of carbonyl (C=O) groups excluding carboxylic acids is 17. The predicted octanol–water partition coefficient (Wildman–Crippen LogP) is -8.24. The molecule has 2 fully saturated rings. The van der Waals surface area contributed by atoms with Crippen molar-refractivity contribution in [3.63, 3.8) is 0 Å². The Kier molecular flexibility index (Phi) is 40.0. The number of nitrogens with one attached hydrogen (secondary N) is 15. The molecule has 52 heteroatoms. The number of anilines is 3. The molecule has 2 aromatic heterocycles. The average molecular weight is 1870 g/mol. The van der Waals surface area contributed by atoms with Gasteiger partial charge >= 0.3 is 12.1 Å². The first-order chi connectivity index (χ1) is 62.7. The van der Waals surface area contributed by atoms with Crippen LogP contribution < -0.4 is 100 Å². The van der Waals surface area contributed by atoms with Crippen LogP contribution in [-0.4, -0.2) is 320 Å². The number of guanidine groups is 1. The highest BCUT2D eigenvalue weighted by molar-refractivity contribution is 6.02. The van der Waals surface area contributed by atoms with Crippen molar-refractivity contribution in [1.82, 2.24) is 83.4 Å². The van der Waals surface area contributed by atoms with Crippen molar-refractivity contribution < 1.29 is 146 Å². The van der Waals surface area contributed by atoms with Gasteiger partial charge in [-0.2, -0.15) is 0 Å². The number of pyridine rings is 2. The Balaban J connectivity index is 0.951. The monoisotopic (exact) mass is 1860 g/mol. The number of aryl methyl sites for hydroxylation is 1. The normalized spacial score (nSPS) is 18.2. The third-order valence-electron chi connectivity index (χ3n) is 21.6. The van der Waals surface area contributed by atoms with E-state index in [0.29, 0.717) is 0 Å². The summed E-state index contributed by atoms with van der Waals surface area (Å²) in [6.45, 7) is 1.14. The molecule has 0 spiro atoms. The summed E-state index contributed by atoms with van der Waals surface area (Å²) in [4.78, 5) is 243. The van der Waals surface area contributed by atoms with Gasteiger partial charge in [-0.3, -0.25) is 97.9 Å². The lowest BCUT2D eigenvalue weighted by Crippen LogP contribution is -2.65. The van der Waals surface area contributed by atoms with E-state index in [-0.39, 0.29) is 192 Å². The topological polar surface area (TPSA) is 751 Å². The molecule has 2 saturated heterocycles. The number of carboxylic acid groups (broad SMARTS) is 1. The number of ether oxygens (including phenoxy) is 2. The number of carboxylic acids is 1. The average Bonchev–Trinajstić information content (AvgIpc) is 0.748. The van der Waals surface area contributed by atoms with Crippen molar-refractivity contribution >= 4 is 147 Å². The fraction of sp³-hybridized carbons (Fsp3) is 0.550. The molecule has 11 atom stereocenters. The maximum absolute atomic E-state index is 15.4. The van der Waals surface area contributed by atoms with E-state index in [1.165, 1.54) is 33.1 Å². The Labute approximate surface area is 751 Å². The molecule has 2 aromatic carbocycles. The molecule has 4 aromatic rings. The number of aromatic carboxylic acids is 1. The first-order valence-corrected chi connectivity index (χ1v) is 42.3. The van der Waals surface area contributed by atoms with E-state index in [2.05, 4.69) is 74.4 Å². The van der Waals surface area contributed by atoms with Crippen molar-refractivity contribution in [1.29, 1.82) is 5.41 Å². The quantitative estimate of drug-likeness (QED) is 0.00187. The van der Waals surface area contributed by atoms with Gasteiger partial charge in [-0.1, -0.05) is 0 Å². The number of phenols is 2. The summed E-state index contributed by atoms with van der Waals surface area (Å²) in [7, 11) is 0. The van der Waals surface area contributed by atoms with Crippen LogP contribution in [0, 0.1) is 11.2 Å². The first kappa shape index (κ1) is 105. The molecular weight excluding hydrogens is 1750 g/mol. The zero-order valence-corrected chi connectivity index (χ0v) is 72.7. The molecule has 7 rings (SSSR count). The van der Waals surface area contributed by atoms with Gasteiger partial charge in [0.15, 0.2) is 28.9 Å². The van der Waals surface area contributed by atoms with Crippen LogP contribution in [0.15, 0.2) is 41.3 Å². The molecule has 0 bridgehead atoms. The van der Waals surface area contributed by atoms with Gasteiger partial charge in [-0.15, -0.1) is 0 Å². The van der Waals surface area contributed by atoms with E-state index < -0.39 is 248 Å². The standard InChI is InChI=1S/C80H113FN22O29/c1-5-98-36-46(76(125)126)66(116)45-33-47(81)57(34-56(45)98)99-27-29-100(30-28-99)79(128)132-41-131-63(115)17-16-61(113)85-24-23-84-60(112)14-15-62(114)89-51-31-44-32-58(110)59(111)35-55(44)103-54(18-22-86-67(51)103)73(122)93-52(37-104)71(120)91-48(12-8-21-88-78(82)83)68(117)92-53(38-105)72(121)97-80(4,19-10-26-102(130)40-107)77(127)94-50-11-6-7-20-87-74(123)64(42(2)108)96-75(124)65(43(3)109)95-70(119)49(90-69(50)118)13-9-25-101(129)39-106/h31-36,39-40,42-43,48-50,52-54,64-65,104-105,108-109,129-130H,5-30,37-38,41H2,1-4H3,(H19,82,83,84,85,86,87,88,89,90,91,92,93,94,95,96,97,110,111,112,113,114,117,118,119,120,121,122,123,124,125,126,127)/t42?,43?,48-,49-,50-,52+,53+,54-,64+,65-,80-/m0/s1. The van der Waals surface area contributed by atoms with Crippen molar-refractivity contribution in [2.75, 3.05) is 108 Å². The largest absolute Gasteiger partial charge is 0.545 e. The summed E-state index contributed by atoms with van der Waals surface area (Å²) in [5, 5.41) is 139. The molecule has 3 aliphatic heterocycles. The smallest absolute Gasteiger partial charge is 0.412 e. The van der Waals surface area contributed by atoms with Crippen LogP contribution in [0.4, 0.5) is 26.4 Å². The van der Waals surface area contributed by atoms with Gasteiger partial charge in [0.25, 0.3) is 11.7 Å². The second-order valence-corrected chi connectivity index (χ2v) is 31.4. The number of aromatic hydroxyl groups is 2. The maximum Gasteiger partial charge on any atom is 0.412 e. The minimum absolute atomic E-state index is 0.00844. The number of benzene rings is 2. The molecule has 132 heavy (non-hydrogen) atoms. The van der Waals surface area contributed by atoms with Gasteiger partial charge in [0.05, 0.1) is 61.1 Å². The maximum atomic E-state index is 15.4. The highest BCUT2D eigenvalue weighted by atomic mass is 19.1. The molecule has 15 amide bonds. The van der Waals surface area contributed by atoms with Crippen LogP contribution in [0.25, 0.3) is 21.8 Å². The molecule has 51 nitrogen and oxygen atoms in total. The highest BCUT2D eigenvalue weighted by Gasteiger charge is 2.43. The summed E-state index contributed by atoms with van der Waals surface area (Å²) in [5.41, 5.74) is 2.16.